The summed E-state index contributed by atoms with van der Waals surface area (Å²) in [7, 11) is 0. The molecule has 2 aromatic rings. The fourth-order valence-corrected chi connectivity index (χ4v) is 1.64. The molecule has 18 heavy (non-hydrogen) atoms. The van der Waals surface area contributed by atoms with E-state index in [0.717, 1.165) is 0 Å². The third kappa shape index (κ3) is 4.19. The van der Waals surface area contributed by atoms with Gasteiger partial charge in [-0.1, -0.05) is 6.07 Å². The fraction of sp³-hybridized carbons (Fsp3) is 0. The van der Waals surface area contributed by atoms with Gasteiger partial charge in [0.25, 0.3) is 0 Å². The van der Waals surface area contributed by atoms with Crippen molar-refractivity contribution in [2.45, 2.75) is 4.90 Å². The normalized spacial score (nSPS) is 11.4. The molecule has 0 radical (unpaired) electrons. The molecule has 0 aliphatic carbocycles. The second-order valence-electron chi connectivity index (χ2n) is 3.27. The number of rotatable bonds is 3. The molecule has 0 aliphatic heterocycles. The van der Waals surface area contributed by atoms with Gasteiger partial charge >= 0.3 is 29.6 Å². The van der Waals surface area contributed by atoms with Crippen LogP contribution < -0.4 is 34.3 Å². The maximum Gasteiger partial charge on any atom is 1.00 e. The van der Waals surface area contributed by atoms with E-state index in [4.69, 9.17) is 4.74 Å². The van der Waals surface area contributed by atoms with Crippen LogP contribution in [0.5, 0.6) is 11.5 Å². The molecule has 0 amide bonds. The average molecular weight is 274 g/mol. The van der Waals surface area contributed by atoms with E-state index in [9.17, 15) is 13.2 Å². The molecule has 3 nitrogen and oxygen atoms in total. The number of hydrogen-bond acceptors (Lipinski definition) is 3. The monoisotopic (exact) mass is 274 g/mol. The van der Waals surface area contributed by atoms with Gasteiger partial charge in [0.15, 0.2) is 0 Å². The minimum atomic E-state index is -2.25. The summed E-state index contributed by atoms with van der Waals surface area (Å²) in [6.07, 6.45) is 0. The molecule has 0 bridgehead atoms. The van der Waals surface area contributed by atoms with E-state index >= 15 is 0 Å². The predicted molar refractivity (Wildman–Crippen MR) is 60.1 cm³/mol. The Morgan fingerprint density at radius 2 is 1.72 bits per heavy atom. The van der Waals surface area contributed by atoms with Crippen LogP contribution in [0.15, 0.2) is 53.4 Å². The molecule has 0 heterocycles. The zero-order valence-corrected chi connectivity index (χ0v) is 12.4. The van der Waals surface area contributed by atoms with Crippen molar-refractivity contribution in [1.82, 2.24) is 0 Å². The van der Waals surface area contributed by atoms with Crippen LogP contribution in [0.4, 0.5) is 4.39 Å². The first-order chi connectivity index (χ1) is 8.15. The minimum Gasteiger partial charge on any atom is -0.768 e. The molecule has 88 valence electrons. The predicted octanol–water partition coefficient (Wildman–Crippen LogP) is -0.140. The number of ether oxygens (including phenoxy) is 1. The smallest absolute Gasteiger partial charge is 0.768 e. The van der Waals surface area contributed by atoms with E-state index in [1.807, 2.05) is 0 Å². The summed E-state index contributed by atoms with van der Waals surface area (Å²) in [6.45, 7) is 0. The molecule has 0 saturated carbocycles. The SMILES string of the molecule is O=S([O-])c1ccc(Oc2cccc(F)c2)cc1.[Na+]. The number of hydrogen-bond donors (Lipinski definition) is 0. The van der Waals surface area contributed by atoms with Crippen molar-refractivity contribution in [3.8, 4) is 11.5 Å². The molecule has 0 aromatic heterocycles. The summed E-state index contributed by atoms with van der Waals surface area (Å²) in [5.41, 5.74) is 0. The summed E-state index contributed by atoms with van der Waals surface area (Å²) in [5.74, 6) is 0.422. The van der Waals surface area contributed by atoms with Gasteiger partial charge in [-0.25, -0.2) is 4.39 Å². The molecule has 2 rings (SSSR count). The first-order valence-electron chi connectivity index (χ1n) is 4.78. The Morgan fingerprint density at radius 3 is 2.28 bits per heavy atom. The van der Waals surface area contributed by atoms with Gasteiger partial charge in [0.05, 0.1) is 0 Å². The van der Waals surface area contributed by atoms with E-state index in [-0.39, 0.29) is 40.3 Å². The molecule has 1 atom stereocenters. The zero-order valence-electron chi connectivity index (χ0n) is 9.63. The Morgan fingerprint density at radius 1 is 1.06 bits per heavy atom. The second-order valence-corrected chi connectivity index (χ2v) is 4.21. The zero-order chi connectivity index (χ0) is 12.3. The first-order valence-corrected chi connectivity index (χ1v) is 5.85. The van der Waals surface area contributed by atoms with Gasteiger partial charge in [-0.15, -0.1) is 0 Å². The Hall–Kier alpha value is -0.720. The van der Waals surface area contributed by atoms with Gasteiger partial charge in [-0.3, -0.25) is 4.21 Å². The molecule has 0 N–H and O–H groups in total. The van der Waals surface area contributed by atoms with Crippen molar-refractivity contribution in [2.75, 3.05) is 0 Å². The van der Waals surface area contributed by atoms with Crippen molar-refractivity contribution in [3.63, 3.8) is 0 Å². The Bertz CT molecular complexity index is 545. The molecule has 0 saturated heterocycles. The summed E-state index contributed by atoms with van der Waals surface area (Å²) in [6, 6.07) is 11.6. The second kappa shape index (κ2) is 7.01. The van der Waals surface area contributed by atoms with E-state index in [1.54, 1.807) is 6.07 Å². The first kappa shape index (κ1) is 15.3. The van der Waals surface area contributed by atoms with Crippen LogP contribution in [0.3, 0.4) is 0 Å². The van der Waals surface area contributed by atoms with Crippen molar-refractivity contribution in [1.29, 1.82) is 0 Å². The van der Waals surface area contributed by atoms with Crippen LogP contribution in [0.2, 0.25) is 0 Å². The van der Waals surface area contributed by atoms with Crippen molar-refractivity contribution >= 4 is 11.1 Å². The third-order valence-electron chi connectivity index (χ3n) is 2.05. The van der Waals surface area contributed by atoms with Crippen LogP contribution in [0.25, 0.3) is 0 Å². The molecular formula is C12H8FNaO3S. The fourth-order valence-electron chi connectivity index (χ4n) is 1.29. The van der Waals surface area contributed by atoms with Gasteiger partial charge in [-0.2, -0.15) is 0 Å². The quantitative estimate of drug-likeness (QED) is 0.578. The van der Waals surface area contributed by atoms with Crippen LogP contribution >= 0.6 is 0 Å². The van der Waals surface area contributed by atoms with Crippen molar-refractivity contribution in [2.24, 2.45) is 0 Å². The Labute approximate surface area is 129 Å². The van der Waals surface area contributed by atoms with Crippen LogP contribution in [0.1, 0.15) is 0 Å². The molecule has 6 heteroatoms. The van der Waals surface area contributed by atoms with Gasteiger partial charge in [0.1, 0.15) is 17.3 Å². The van der Waals surface area contributed by atoms with Gasteiger partial charge in [0.2, 0.25) is 0 Å². The summed E-state index contributed by atoms with van der Waals surface area (Å²) < 4.78 is 39.5. The largest absolute Gasteiger partial charge is 1.00 e. The van der Waals surface area contributed by atoms with Crippen molar-refractivity contribution in [3.05, 3.63) is 54.3 Å². The maximum atomic E-state index is 12.9. The molecule has 1 unspecified atom stereocenters. The van der Waals surface area contributed by atoms with Crippen LogP contribution in [-0.2, 0) is 11.1 Å². The summed E-state index contributed by atoms with van der Waals surface area (Å²) in [5, 5.41) is 0. The summed E-state index contributed by atoms with van der Waals surface area (Å²) in [4.78, 5) is 0.177. The van der Waals surface area contributed by atoms with Gasteiger partial charge in [-0.05, 0) is 47.5 Å². The third-order valence-corrected chi connectivity index (χ3v) is 2.71. The average Bonchev–Trinajstić information content (AvgIpc) is 2.29. The Kier molecular flexibility index (Phi) is 5.98. The minimum absolute atomic E-state index is 0. The van der Waals surface area contributed by atoms with Gasteiger partial charge < -0.3 is 9.29 Å². The topological polar surface area (TPSA) is 49.4 Å². The van der Waals surface area contributed by atoms with E-state index < -0.39 is 11.1 Å². The number of benzene rings is 2. The molecule has 0 spiro atoms. The number of halogens is 1. The standard InChI is InChI=1S/C12H9FO3S.Na/c13-9-2-1-3-11(8-9)16-10-4-6-12(7-5-10)17(14)15;/h1-8H,(H,14,15);/q;+1/p-1. The van der Waals surface area contributed by atoms with E-state index in [2.05, 4.69) is 0 Å². The van der Waals surface area contributed by atoms with E-state index in [0.29, 0.717) is 11.5 Å². The van der Waals surface area contributed by atoms with E-state index in [1.165, 1.54) is 42.5 Å². The maximum absolute atomic E-state index is 12.9. The van der Waals surface area contributed by atoms with Crippen LogP contribution in [0, 0.1) is 5.82 Å². The van der Waals surface area contributed by atoms with Crippen molar-refractivity contribution < 1.29 is 47.4 Å². The Balaban J connectivity index is 0.00000162. The van der Waals surface area contributed by atoms with Crippen LogP contribution in [-0.4, -0.2) is 8.76 Å². The molecule has 0 fully saturated rings. The molecular weight excluding hydrogens is 266 g/mol. The molecule has 0 aliphatic rings. The molecule has 2 aromatic carbocycles. The van der Waals surface area contributed by atoms with Gasteiger partial charge in [0, 0.05) is 11.0 Å². The summed E-state index contributed by atoms with van der Waals surface area (Å²) >= 11 is -2.25.